The Bertz CT molecular complexity index is 482. The first kappa shape index (κ1) is 21.7. The highest BCUT2D eigenvalue weighted by atomic mass is 79.9. The fraction of sp³-hybridized carbons (Fsp3) is 0.533. The van der Waals surface area contributed by atoms with Crippen LogP contribution in [-0.4, -0.2) is 37.0 Å². The van der Waals surface area contributed by atoms with E-state index in [9.17, 15) is 4.79 Å². The number of carbonyl (C=O) groups excluding carboxylic acids is 1. The third kappa shape index (κ3) is 5.10. The Kier molecular flexibility index (Phi) is 8.95. The van der Waals surface area contributed by atoms with Crippen molar-refractivity contribution in [3.63, 3.8) is 0 Å². The molecule has 0 aromatic heterocycles. The Labute approximate surface area is 153 Å². The van der Waals surface area contributed by atoms with Crippen LogP contribution in [0, 0.1) is 0 Å². The Balaban J connectivity index is 0.00000220. The highest BCUT2D eigenvalue weighted by molar-refractivity contribution is 9.10. The van der Waals surface area contributed by atoms with Gasteiger partial charge in [0, 0.05) is 17.1 Å². The number of nitrogens with one attached hydrogen (secondary N) is 1. The van der Waals surface area contributed by atoms with E-state index >= 15 is 0 Å². The van der Waals surface area contributed by atoms with Gasteiger partial charge < -0.3 is 16.0 Å². The van der Waals surface area contributed by atoms with Gasteiger partial charge in [0.1, 0.15) is 5.54 Å². The molecule has 1 aliphatic heterocycles. The van der Waals surface area contributed by atoms with Crippen molar-refractivity contribution in [1.82, 2.24) is 10.2 Å². The van der Waals surface area contributed by atoms with E-state index in [1.807, 2.05) is 24.3 Å². The van der Waals surface area contributed by atoms with E-state index in [4.69, 9.17) is 5.73 Å². The summed E-state index contributed by atoms with van der Waals surface area (Å²) >= 11 is 3.38. The number of benzene rings is 1. The minimum Gasteiger partial charge on any atom is -0.353 e. The number of halogens is 3. The van der Waals surface area contributed by atoms with Crippen LogP contribution in [0.4, 0.5) is 0 Å². The zero-order valence-corrected chi connectivity index (χ0v) is 16.1. The number of likely N-dealkylation sites (N-methyl/N-ethyl adjacent to an activating group) is 1. The summed E-state index contributed by atoms with van der Waals surface area (Å²) in [4.78, 5) is 14.6. The molecule has 126 valence electrons. The number of rotatable bonds is 4. The zero-order valence-electron chi connectivity index (χ0n) is 12.8. The van der Waals surface area contributed by atoms with Crippen LogP contribution in [0.5, 0.6) is 0 Å². The SMILES string of the molecule is CN1CCCC1CNC(=O)C(C)(N)c1ccc(Br)cc1.Cl.Cl. The summed E-state index contributed by atoms with van der Waals surface area (Å²) in [5.41, 5.74) is 6.03. The third-order valence-corrected chi connectivity index (χ3v) is 4.61. The minimum absolute atomic E-state index is 0. The van der Waals surface area contributed by atoms with Gasteiger partial charge in [0.25, 0.3) is 0 Å². The van der Waals surface area contributed by atoms with Gasteiger partial charge in [-0.05, 0) is 51.1 Å². The number of carbonyl (C=O) groups is 1. The van der Waals surface area contributed by atoms with Crippen LogP contribution in [0.1, 0.15) is 25.3 Å². The molecule has 1 amide bonds. The predicted molar refractivity (Wildman–Crippen MR) is 98.8 cm³/mol. The molecule has 4 nitrogen and oxygen atoms in total. The van der Waals surface area contributed by atoms with Crippen LogP contribution in [0.15, 0.2) is 28.7 Å². The van der Waals surface area contributed by atoms with Crippen LogP contribution in [0.25, 0.3) is 0 Å². The number of nitrogens with two attached hydrogens (primary N) is 1. The van der Waals surface area contributed by atoms with Gasteiger partial charge in [0.15, 0.2) is 0 Å². The van der Waals surface area contributed by atoms with Crippen molar-refractivity contribution in [1.29, 1.82) is 0 Å². The van der Waals surface area contributed by atoms with Crippen molar-refractivity contribution >= 4 is 46.7 Å². The highest BCUT2D eigenvalue weighted by Gasteiger charge is 2.31. The molecule has 2 rings (SSSR count). The molecule has 7 heteroatoms. The maximum Gasteiger partial charge on any atom is 0.244 e. The van der Waals surface area contributed by atoms with Crippen LogP contribution in [0.2, 0.25) is 0 Å². The van der Waals surface area contributed by atoms with E-state index in [-0.39, 0.29) is 30.7 Å². The normalized spacial score (nSPS) is 20.5. The lowest BCUT2D eigenvalue weighted by Gasteiger charge is -2.26. The molecule has 1 heterocycles. The lowest BCUT2D eigenvalue weighted by atomic mass is 9.92. The number of amides is 1. The summed E-state index contributed by atoms with van der Waals surface area (Å²) in [6.45, 7) is 3.52. The second-order valence-corrected chi connectivity index (χ2v) is 6.61. The van der Waals surface area contributed by atoms with Crippen molar-refractivity contribution in [2.45, 2.75) is 31.3 Å². The Hall–Kier alpha value is -0.330. The van der Waals surface area contributed by atoms with E-state index < -0.39 is 5.54 Å². The van der Waals surface area contributed by atoms with Crippen LogP contribution < -0.4 is 11.1 Å². The first-order valence-electron chi connectivity index (χ1n) is 6.94. The number of hydrogen-bond donors (Lipinski definition) is 2. The molecule has 1 aromatic carbocycles. The fourth-order valence-electron chi connectivity index (χ4n) is 2.56. The van der Waals surface area contributed by atoms with Gasteiger partial charge in [0.2, 0.25) is 5.91 Å². The largest absolute Gasteiger partial charge is 0.353 e. The lowest BCUT2D eigenvalue weighted by molar-refractivity contribution is -0.126. The molecule has 1 saturated heterocycles. The van der Waals surface area contributed by atoms with Crippen molar-refractivity contribution < 1.29 is 4.79 Å². The molecule has 1 aromatic rings. The summed E-state index contributed by atoms with van der Waals surface area (Å²) in [6.07, 6.45) is 2.33. The maximum atomic E-state index is 12.3. The molecule has 2 unspecified atom stereocenters. The standard InChI is InChI=1S/C15H22BrN3O.2ClH/c1-15(17,11-5-7-12(16)8-6-11)14(20)18-10-13-4-3-9-19(13)2;;/h5-8,13H,3-4,9-10,17H2,1-2H3,(H,18,20);2*1H. The smallest absolute Gasteiger partial charge is 0.244 e. The number of likely N-dealkylation sites (tertiary alicyclic amines) is 1. The van der Waals surface area contributed by atoms with Gasteiger partial charge in [-0.25, -0.2) is 0 Å². The summed E-state index contributed by atoms with van der Waals surface area (Å²) in [6, 6.07) is 7.99. The van der Waals surface area contributed by atoms with Crippen molar-refractivity contribution in [2.24, 2.45) is 5.73 Å². The molecule has 22 heavy (non-hydrogen) atoms. The van der Waals surface area contributed by atoms with E-state index in [1.165, 1.54) is 6.42 Å². The van der Waals surface area contributed by atoms with Crippen molar-refractivity contribution in [3.8, 4) is 0 Å². The molecule has 0 radical (unpaired) electrons. The fourth-order valence-corrected chi connectivity index (χ4v) is 2.82. The highest BCUT2D eigenvalue weighted by Crippen LogP contribution is 2.21. The Morgan fingerprint density at radius 2 is 2.00 bits per heavy atom. The molecule has 1 aliphatic rings. The molecule has 0 spiro atoms. The molecule has 1 fully saturated rings. The summed E-state index contributed by atoms with van der Waals surface area (Å²) < 4.78 is 0.977. The van der Waals surface area contributed by atoms with Gasteiger partial charge in [-0.1, -0.05) is 28.1 Å². The minimum atomic E-state index is -1.00. The third-order valence-electron chi connectivity index (χ3n) is 4.09. The van der Waals surface area contributed by atoms with Gasteiger partial charge in [-0.15, -0.1) is 24.8 Å². The van der Waals surface area contributed by atoms with E-state index in [0.29, 0.717) is 12.6 Å². The average molecular weight is 413 g/mol. The van der Waals surface area contributed by atoms with Gasteiger partial charge in [-0.2, -0.15) is 0 Å². The van der Waals surface area contributed by atoms with Crippen LogP contribution in [-0.2, 0) is 10.3 Å². The van der Waals surface area contributed by atoms with Gasteiger partial charge in [0.05, 0.1) is 0 Å². The molecular formula is C15H24BrCl2N3O. The Morgan fingerprint density at radius 1 is 1.41 bits per heavy atom. The summed E-state index contributed by atoms with van der Waals surface area (Å²) in [5, 5.41) is 2.99. The van der Waals surface area contributed by atoms with Crippen LogP contribution in [0.3, 0.4) is 0 Å². The Morgan fingerprint density at radius 3 is 2.50 bits per heavy atom. The van der Waals surface area contributed by atoms with Crippen molar-refractivity contribution in [3.05, 3.63) is 34.3 Å². The molecule has 2 atom stereocenters. The first-order chi connectivity index (χ1) is 9.41. The van der Waals surface area contributed by atoms with E-state index in [2.05, 4.69) is 33.2 Å². The van der Waals surface area contributed by atoms with Crippen LogP contribution >= 0.6 is 40.7 Å². The van der Waals surface area contributed by atoms with E-state index in [1.54, 1.807) is 6.92 Å². The molecule has 3 N–H and O–H groups in total. The predicted octanol–water partition coefficient (Wildman–Crippen LogP) is 2.68. The quantitative estimate of drug-likeness (QED) is 0.799. The molecule has 0 aliphatic carbocycles. The van der Waals surface area contributed by atoms with E-state index in [0.717, 1.165) is 23.0 Å². The topological polar surface area (TPSA) is 58.4 Å². The summed E-state index contributed by atoms with van der Waals surface area (Å²) in [5.74, 6) is -0.125. The first-order valence-corrected chi connectivity index (χ1v) is 7.74. The monoisotopic (exact) mass is 411 g/mol. The number of hydrogen-bond acceptors (Lipinski definition) is 3. The second-order valence-electron chi connectivity index (χ2n) is 5.70. The maximum absolute atomic E-state index is 12.3. The zero-order chi connectivity index (χ0) is 14.8. The molecule has 0 saturated carbocycles. The number of nitrogens with zero attached hydrogens (tertiary/aromatic N) is 1. The van der Waals surface area contributed by atoms with Gasteiger partial charge in [-0.3, -0.25) is 4.79 Å². The molecular weight excluding hydrogens is 389 g/mol. The van der Waals surface area contributed by atoms with Gasteiger partial charge >= 0.3 is 0 Å². The lowest BCUT2D eigenvalue weighted by Crippen LogP contribution is -2.51. The summed E-state index contributed by atoms with van der Waals surface area (Å²) in [7, 11) is 2.10. The van der Waals surface area contributed by atoms with Crippen molar-refractivity contribution in [2.75, 3.05) is 20.1 Å². The second kappa shape index (κ2) is 9.08. The molecule has 0 bridgehead atoms. The average Bonchev–Trinajstić information content (AvgIpc) is 2.82.